The Morgan fingerprint density at radius 2 is 1.73 bits per heavy atom. The van der Waals surface area contributed by atoms with E-state index in [2.05, 4.69) is 27.2 Å². The number of Topliss-reactive ketones (excluding diaryl/α,β-unsaturated/α-hetero) is 1. The third-order valence-corrected chi connectivity index (χ3v) is 5.75. The fourth-order valence-electron chi connectivity index (χ4n) is 3.02. The van der Waals surface area contributed by atoms with Gasteiger partial charge in [-0.3, -0.25) is 14.6 Å². The first-order chi connectivity index (χ1) is 14.5. The van der Waals surface area contributed by atoms with E-state index in [1.807, 2.05) is 55.5 Å². The van der Waals surface area contributed by atoms with Crippen molar-refractivity contribution in [2.75, 3.05) is 5.75 Å². The molecule has 0 aliphatic heterocycles. The summed E-state index contributed by atoms with van der Waals surface area (Å²) in [5, 5.41) is 13.0. The SMILES string of the molecule is CCc1ccc(C(=O)CSc2nnc3[nH]c(=O)c(Cc4ccc(C)cc4)nn23)cc1. The molecule has 0 saturated heterocycles. The number of carbonyl (C=O) groups is 1. The summed E-state index contributed by atoms with van der Waals surface area (Å²) in [7, 11) is 0. The lowest BCUT2D eigenvalue weighted by Gasteiger charge is -2.04. The molecule has 0 radical (unpaired) electrons. The Labute approximate surface area is 177 Å². The molecule has 0 aliphatic rings. The molecule has 8 heteroatoms. The van der Waals surface area contributed by atoms with Crippen LogP contribution in [0.5, 0.6) is 0 Å². The second-order valence-electron chi connectivity index (χ2n) is 7.04. The monoisotopic (exact) mass is 419 g/mol. The molecule has 2 aromatic heterocycles. The molecule has 0 amide bonds. The van der Waals surface area contributed by atoms with Gasteiger partial charge in [0.1, 0.15) is 5.69 Å². The number of hydrogen-bond acceptors (Lipinski definition) is 6. The van der Waals surface area contributed by atoms with Gasteiger partial charge in [-0.15, -0.1) is 10.2 Å². The number of hydrogen-bond donors (Lipinski definition) is 1. The minimum Gasteiger partial charge on any atom is -0.293 e. The highest BCUT2D eigenvalue weighted by atomic mass is 32.2. The predicted molar refractivity (Wildman–Crippen MR) is 116 cm³/mol. The maximum Gasteiger partial charge on any atom is 0.274 e. The molecule has 0 fully saturated rings. The molecule has 0 unspecified atom stereocenters. The molecule has 0 aliphatic carbocycles. The van der Waals surface area contributed by atoms with Crippen LogP contribution < -0.4 is 5.56 Å². The van der Waals surface area contributed by atoms with E-state index in [0.29, 0.717) is 22.8 Å². The maximum atomic E-state index is 12.5. The van der Waals surface area contributed by atoms with E-state index in [-0.39, 0.29) is 22.9 Å². The molecule has 152 valence electrons. The normalized spacial score (nSPS) is 11.1. The number of aromatic nitrogens is 5. The number of H-pyrrole nitrogens is 1. The second kappa shape index (κ2) is 8.62. The van der Waals surface area contributed by atoms with Crippen molar-refractivity contribution in [1.29, 1.82) is 0 Å². The summed E-state index contributed by atoms with van der Waals surface area (Å²) in [4.78, 5) is 27.6. The molecule has 0 atom stereocenters. The van der Waals surface area contributed by atoms with Gasteiger partial charge in [-0.05, 0) is 24.5 Å². The zero-order chi connectivity index (χ0) is 21.1. The molecular formula is C22H21N5O2S. The van der Waals surface area contributed by atoms with Crippen LogP contribution in [-0.2, 0) is 12.8 Å². The van der Waals surface area contributed by atoms with Crippen molar-refractivity contribution >= 4 is 23.3 Å². The number of aryl methyl sites for hydroxylation is 2. The lowest BCUT2D eigenvalue weighted by Crippen LogP contribution is -2.19. The van der Waals surface area contributed by atoms with Gasteiger partial charge in [0.15, 0.2) is 5.78 Å². The second-order valence-corrected chi connectivity index (χ2v) is 7.99. The molecule has 30 heavy (non-hydrogen) atoms. The van der Waals surface area contributed by atoms with E-state index in [9.17, 15) is 9.59 Å². The van der Waals surface area contributed by atoms with Gasteiger partial charge in [0.2, 0.25) is 5.16 Å². The molecule has 0 bridgehead atoms. The highest BCUT2D eigenvalue weighted by molar-refractivity contribution is 7.99. The fraction of sp³-hybridized carbons (Fsp3) is 0.227. The number of fused-ring (bicyclic) bond motifs is 1. The minimum atomic E-state index is -0.292. The summed E-state index contributed by atoms with van der Waals surface area (Å²) >= 11 is 1.25. The summed E-state index contributed by atoms with van der Waals surface area (Å²) < 4.78 is 1.49. The van der Waals surface area contributed by atoms with Gasteiger partial charge in [0.25, 0.3) is 11.3 Å². The van der Waals surface area contributed by atoms with Crippen molar-refractivity contribution in [3.8, 4) is 0 Å². The highest BCUT2D eigenvalue weighted by Crippen LogP contribution is 2.17. The number of thioether (sulfide) groups is 1. The summed E-state index contributed by atoms with van der Waals surface area (Å²) in [6, 6.07) is 15.6. The molecule has 0 saturated carbocycles. The fourth-order valence-corrected chi connectivity index (χ4v) is 3.79. The average Bonchev–Trinajstić information content (AvgIpc) is 3.15. The van der Waals surface area contributed by atoms with Crippen molar-refractivity contribution in [1.82, 2.24) is 24.8 Å². The number of aromatic amines is 1. The van der Waals surface area contributed by atoms with Gasteiger partial charge >= 0.3 is 0 Å². The number of rotatable bonds is 7. The minimum absolute atomic E-state index is 0.00343. The number of carbonyl (C=O) groups excluding carboxylic acids is 1. The third kappa shape index (κ3) is 4.33. The molecule has 0 spiro atoms. The summed E-state index contributed by atoms with van der Waals surface area (Å²) in [5.74, 6) is 0.471. The number of ketones is 1. The van der Waals surface area contributed by atoms with E-state index in [1.165, 1.54) is 21.8 Å². The maximum absolute atomic E-state index is 12.5. The van der Waals surface area contributed by atoms with Crippen molar-refractivity contribution in [3.05, 3.63) is 86.8 Å². The zero-order valence-corrected chi connectivity index (χ0v) is 17.6. The van der Waals surface area contributed by atoms with Crippen molar-refractivity contribution in [3.63, 3.8) is 0 Å². The van der Waals surface area contributed by atoms with Crippen LogP contribution in [-0.4, -0.2) is 36.3 Å². The van der Waals surface area contributed by atoms with Gasteiger partial charge in [-0.25, -0.2) is 0 Å². The number of benzene rings is 2. The Balaban J connectivity index is 1.53. The Bertz CT molecular complexity index is 1240. The largest absolute Gasteiger partial charge is 0.293 e. The molecule has 4 aromatic rings. The van der Waals surface area contributed by atoms with Crippen LogP contribution in [0.2, 0.25) is 0 Å². The third-order valence-electron chi connectivity index (χ3n) is 4.83. The van der Waals surface area contributed by atoms with E-state index in [0.717, 1.165) is 17.5 Å². The van der Waals surface area contributed by atoms with Gasteiger partial charge < -0.3 is 0 Å². The lowest BCUT2D eigenvalue weighted by molar-refractivity contribution is 0.102. The Kier molecular flexibility index (Phi) is 5.76. The first kappa shape index (κ1) is 20.0. The first-order valence-corrected chi connectivity index (χ1v) is 10.7. The van der Waals surface area contributed by atoms with Gasteiger partial charge in [-0.1, -0.05) is 72.8 Å². The van der Waals surface area contributed by atoms with E-state index < -0.39 is 0 Å². The zero-order valence-electron chi connectivity index (χ0n) is 16.8. The summed E-state index contributed by atoms with van der Waals surface area (Å²) in [6.45, 7) is 4.09. The average molecular weight is 420 g/mol. The lowest BCUT2D eigenvalue weighted by atomic mass is 10.1. The Morgan fingerprint density at radius 1 is 1.03 bits per heavy atom. The van der Waals surface area contributed by atoms with Crippen LogP contribution in [0.15, 0.2) is 58.5 Å². The molecule has 7 nitrogen and oxygen atoms in total. The van der Waals surface area contributed by atoms with Crippen molar-refractivity contribution < 1.29 is 4.79 Å². The smallest absolute Gasteiger partial charge is 0.274 e. The highest BCUT2D eigenvalue weighted by Gasteiger charge is 2.14. The molecule has 4 rings (SSSR count). The van der Waals surface area contributed by atoms with E-state index >= 15 is 0 Å². The summed E-state index contributed by atoms with van der Waals surface area (Å²) in [5.41, 5.74) is 4.08. The van der Waals surface area contributed by atoms with Crippen LogP contribution in [0.1, 0.15) is 39.7 Å². The number of nitrogens with zero attached hydrogens (tertiary/aromatic N) is 4. The van der Waals surface area contributed by atoms with Crippen molar-refractivity contribution in [2.24, 2.45) is 0 Å². The van der Waals surface area contributed by atoms with E-state index in [4.69, 9.17) is 0 Å². The molecule has 1 N–H and O–H groups in total. The van der Waals surface area contributed by atoms with Gasteiger partial charge in [0.05, 0.1) is 5.75 Å². The Morgan fingerprint density at radius 3 is 2.43 bits per heavy atom. The van der Waals surface area contributed by atoms with E-state index in [1.54, 1.807) is 0 Å². The van der Waals surface area contributed by atoms with Crippen LogP contribution in [0, 0.1) is 6.92 Å². The molecule has 2 heterocycles. The standard InChI is InChI=1S/C22H21N5O2S/c1-3-15-8-10-17(11-9-15)19(28)13-30-22-25-24-21-23-20(29)18(26-27(21)22)12-16-6-4-14(2)5-7-16/h4-11H,3,12-13H2,1-2H3,(H,23,24,29). The van der Waals surface area contributed by atoms with Crippen LogP contribution >= 0.6 is 11.8 Å². The van der Waals surface area contributed by atoms with Crippen LogP contribution in [0.25, 0.3) is 5.78 Å². The number of nitrogens with one attached hydrogen (secondary N) is 1. The predicted octanol–water partition coefficient (Wildman–Crippen LogP) is 3.25. The van der Waals surface area contributed by atoms with Crippen LogP contribution in [0.4, 0.5) is 0 Å². The molecular weight excluding hydrogens is 398 g/mol. The molecule has 2 aromatic carbocycles. The quantitative estimate of drug-likeness (QED) is 0.365. The van der Waals surface area contributed by atoms with Crippen LogP contribution in [0.3, 0.4) is 0 Å². The first-order valence-electron chi connectivity index (χ1n) is 9.68. The van der Waals surface area contributed by atoms with Crippen molar-refractivity contribution in [2.45, 2.75) is 31.8 Å². The van der Waals surface area contributed by atoms with Gasteiger partial charge in [0, 0.05) is 12.0 Å². The Hall–Kier alpha value is -3.26. The van der Waals surface area contributed by atoms with Gasteiger partial charge in [-0.2, -0.15) is 9.61 Å². The topological polar surface area (TPSA) is 93.0 Å². The summed E-state index contributed by atoms with van der Waals surface area (Å²) in [6.07, 6.45) is 1.33.